The van der Waals surface area contributed by atoms with Crippen LogP contribution in [0.2, 0.25) is 0 Å². The third kappa shape index (κ3) is 7.95. The van der Waals surface area contributed by atoms with Crippen molar-refractivity contribution in [3.8, 4) is 0 Å². The molecule has 2 atom stereocenters. The molecule has 0 bridgehead atoms. The number of esters is 1. The van der Waals surface area contributed by atoms with Gasteiger partial charge in [-0.3, -0.25) is 0 Å². The molecule has 0 amide bonds. The van der Waals surface area contributed by atoms with Crippen LogP contribution in [0, 0.1) is 0 Å². The van der Waals surface area contributed by atoms with Crippen LogP contribution in [0.1, 0.15) is 39.0 Å². The normalized spacial score (nSPS) is 22.8. The van der Waals surface area contributed by atoms with Gasteiger partial charge in [0.25, 0.3) is 0 Å². The number of rotatable bonds is 6. The van der Waals surface area contributed by atoms with Crippen molar-refractivity contribution in [1.29, 1.82) is 0 Å². The molecule has 6 heteroatoms. The van der Waals surface area contributed by atoms with E-state index >= 15 is 0 Å². The van der Waals surface area contributed by atoms with Gasteiger partial charge < -0.3 is 19.3 Å². The molecule has 23 heavy (non-hydrogen) atoms. The van der Waals surface area contributed by atoms with E-state index in [4.69, 9.17) is 19.3 Å². The summed E-state index contributed by atoms with van der Waals surface area (Å²) in [6, 6.07) is 0. The topological polar surface area (TPSA) is 82.1 Å². The van der Waals surface area contributed by atoms with Crippen LogP contribution < -0.4 is 0 Å². The van der Waals surface area contributed by atoms with E-state index in [1.54, 1.807) is 6.92 Å². The van der Waals surface area contributed by atoms with E-state index in [0.717, 1.165) is 38.9 Å². The molecule has 6 nitrogen and oxygen atoms in total. The molecule has 2 aliphatic heterocycles. The van der Waals surface area contributed by atoms with E-state index in [-0.39, 0.29) is 23.8 Å². The Kier molecular flexibility index (Phi) is 8.58. The Labute approximate surface area is 137 Å². The van der Waals surface area contributed by atoms with Gasteiger partial charge in [0.05, 0.1) is 12.2 Å². The molecule has 0 saturated carbocycles. The molecule has 2 fully saturated rings. The Hall–Kier alpha value is -1.66. The average Bonchev–Trinajstić information content (AvgIpc) is 3.18. The molecule has 0 radical (unpaired) electrons. The number of hydrogen-bond donors (Lipinski definition) is 1. The van der Waals surface area contributed by atoms with Gasteiger partial charge in [-0.25, -0.2) is 9.59 Å². The van der Waals surface area contributed by atoms with Crippen molar-refractivity contribution < 1.29 is 28.9 Å². The summed E-state index contributed by atoms with van der Waals surface area (Å²) in [4.78, 5) is 21.3. The number of carboxylic acid groups (broad SMARTS) is 1. The third-order valence-electron chi connectivity index (χ3n) is 3.57. The highest BCUT2D eigenvalue weighted by Crippen LogP contribution is 2.18. The Morgan fingerprint density at radius 3 is 2.13 bits per heavy atom. The number of ether oxygens (including phenoxy) is 3. The monoisotopic (exact) mass is 326 g/mol. The van der Waals surface area contributed by atoms with E-state index in [0.29, 0.717) is 18.6 Å². The fourth-order valence-corrected chi connectivity index (χ4v) is 2.24. The zero-order valence-corrected chi connectivity index (χ0v) is 13.7. The lowest BCUT2D eigenvalue weighted by Gasteiger charge is -2.09. The largest absolute Gasteiger partial charge is 0.478 e. The maximum absolute atomic E-state index is 10.9. The van der Waals surface area contributed by atoms with E-state index < -0.39 is 5.97 Å². The molecule has 0 spiro atoms. The molecule has 2 heterocycles. The lowest BCUT2D eigenvalue weighted by atomic mass is 10.1. The fourth-order valence-electron chi connectivity index (χ4n) is 2.24. The van der Waals surface area contributed by atoms with Gasteiger partial charge in [0.1, 0.15) is 6.61 Å². The minimum atomic E-state index is -0.916. The van der Waals surface area contributed by atoms with Crippen LogP contribution in [0.3, 0.4) is 0 Å². The second-order valence-electron chi connectivity index (χ2n) is 5.76. The lowest BCUT2D eigenvalue weighted by molar-refractivity contribution is -0.142. The van der Waals surface area contributed by atoms with Gasteiger partial charge >= 0.3 is 11.9 Å². The zero-order valence-electron chi connectivity index (χ0n) is 13.7. The predicted molar refractivity (Wildman–Crippen MR) is 85.1 cm³/mol. The van der Waals surface area contributed by atoms with Crippen molar-refractivity contribution in [1.82, 2.24) is 0 Å². The highest BCUT2D eigenvalue weighted by atomic mass is 16.6. The molecule has 2 rings (SSSR count). The smallest absolute Gasteiger partial charge is 0.333 e. The molecule has 0 aliphatic carbocycles. The number of hydrogen-bond acceptors (Lipinski definition) is 5. The number of aliphatic carboxylic acids is 1. The molecule has 1 N–H and O–H groups in total. The van der Waals surface area contributed by atoms with Crippen LogP contribution in [-0.2, 0) is 23.8 Å². The first-order valence-corrected chi connectivity index (χ1v) is 7.87. The Bertz CT molecular complexity index is 430. The first-order valence-electron chi connectivity index (χ1n) is 7.87. The van der Waals surface area contributed by atoms with Crippen LogP contribution in [0.4, 0.5) is 0 Å². The quantitative estimate of drug-likeness (QED) is 0.596. The third-order valence-corrected chi connectivity index (χ3v) is 3.57. The molecular weight excluding hydrogens is 300 g/mol. The molecule has 2 unspecified atom stereocenters. The first-order chi connectivity index (χ1) is 10.9. The van der Waals surface area contributed by atoms with Crippen molar-refractivity contribution in [2.24, 2.45) is 0 Å². The van der Waals surface area contributed by atoms with Gasteiger partial charge in [-0.2, -0.15) is 0 Å². The van der Waals surface area contributed by atoms with E-state index in [2.05, 4.69) is 13.2 Å². The highest BCUT2D eigenvalue weighted by molar-refractivity contribution is 5.87. The fraction of sp³-hybridized carbons (Fsp3) is 0.647. The van der Waals surface area contributed by atoms with Gasteiger partial charge in [-0.05, 0) is 32.6 Å². The van der Waals surface area contributed by atoms with Gasteiger partial charge in [0, 0.05) is 30.8 Å². The van der Waals surface area contributed by atoms with E-state index in [1.165, 1.54) is 0 Å². The van der Waals surface area contributed by atoms with E-state index in [9.17, 15) is 9.59 Å². The Morgan fingerprint density at radius 2 is 1.70 bits per heavy atom. The minimum Gasteiger partial charge on any atom is -0.478 e. The van der Waals surface area contributed by atoms with Crippen molar-refractivity contribution in [2.75, 3.05) is 19.8 Å². The maximum atomic E-state index is 10.9. The Morgan fingerprint density at radius 1 is 1.13 bits per heavy atom. The van der Waals surface area contributed by atoms with Gasteiger partial charge in [-0.1, -0.05) is 13.2 Å². The zero-order chi connectivity index (χ0) is 17.2. The molecule has 0 aromatic rings. The summed E-state index contributed by atoms with van der Waals surface area (Å²) in [5, 5.41) is 8.49. The second kappa shape index (κ2) is 10.2. The van der Waals surface area contributed by atoms with Crippen molar-refractivity contribution in [2.45, 2.75) is 51.2 Å². The van der Waals surface area contributed by atoms with Crippen molar-refractivity contribution in [3.63, 3.8) is 0 Å². The summed E-state index contributed by atoms with van der Waals surface area (Å²) < 4.78 is 15.4. The summed E-state index contributed by atoms with van der Waals surface area (Å²) >= 11 is 0. The van der Waals surface area contributed by atoms with Crippen molar-refractivity contribution >= 4 is 11.9 Å². The summed E-state index contributed by atoms with van der Waals surface area (Å²) in [5.74, 6) is -1.24. The predicted octanol–water partition coefficient (Wildman–Crippen LogP) is 2.48. The molecular formula is C17H26O6. The summed E-state index contributed by atoms with van der Waals surface area (Å²) in [5.41, 5.74) is 0.685. The second-order valence-corrected chi connectivity index (χ2v) is 5.76. The first kappa shape index (κ1) is 19.4. The highest BCUT2D eigenvalue weighted by Gasteiger charge is 2.18. The molecule has 2 aliphatic rings. The van der Waals surface area contributed by atoms with Crippen LogP contribution in [-0.4, -0.2) is 49.1 Å². The SMILES string of the molecule is C=C(C)C(=O)OCC1CCCO1.C=C(CC1CCCO1)C(=O)O. The summed E-state index contributed by atoms with van der Waals surface area (Å²) in [7, 11) is 0. The molecule has 0 aromatic carbocycles. The van der Waals surface area contributed by atoms with Crippen molar-refractivity contribution in [3.05, 3.63) is 24.3 Å². The molecule has 130 valence electrons. The number of carboxylic acids is 1. The molecule has 2 saturated heterocycles. The Balaban J connectivity index is 0.000000231. The van der Waals surface area contributed by atoms with Gasteiger partial charge in [0.15, 0.2) is 0 Å². The molecule has 0 aromatic heterocycles. The minimum absolute atomic E-state index is 0.0959. The number of carbonyl (C=O) groups is 2. The van der Waals surface area contributed by atoms with Crippen LogP contribution in [0.25, 0.3) is 0 Å². The van der Waals surface area contributed by atoms with Gasteiger partial charge in [-0.15, -0.1) is 0 Å². The van der Waals surface area contributed by atoms with Crippen LogP contribution in [0.15, 0.2) is 24.3 Å². The van der Waals surface area contributed by atoms with Gasteiger partial charge in [0.2, 0.25) is 0 Å². The standard InChI is InChI=1S/C9H14O3.C8H12O3/c1-7(2)9(10)12-6-8-4-3-5-11-8;1-6(8(9)10)5-7-3-2-4-11-7/h8H,1,3-6H2,2H3;7H,1-5H2,(H,9,10). The summed E-state index contributed by atoms with van der Waals surface area (Å²) in [6.07, 6.45) is 4.73. The van der Waals surface area contributed by atoms with Crippen LogP contribution >= 0.6 is 0 Å². The maximum Gasteiger partial charge on any atom is 0.333 e. The lowest BCUT2D eigenvalue weighted by Crippen LogP contribution is -2.17. The average molecular weight is 326 g/mol. The number of carbonyl (C=O) groups excluding carboxylic acids is 1. The summed E-state index contributed by atoms with van der Waals surface area (Å²) in [6.45, 7) is 10.5. The van der Waals surface area contributed by atoms with Crippen LogP contribution in [0.5, 0.6) is 0 Å². The van der Waals surface area contributed by atoms with E-state index in [1.807, 2.05) is 0 Å².